The van der Waals surface area contributed by atoms with Gasteiger partial charge >= 0.3 is 0 Å². The first kappa shape index (κ1) is 21.3. The van der Waals surface area contributed by atoms with Crippen LogP contribution in [0.5, 0.6) is 0 Å². The summed E-state index contributed by atoms with van der Waals surface area (Å²) in [6.45, 7) is 2.70. The number of fused-ring (bicyclic) bond motifs is 1. The van der Waals surface area contributed by atoms with E-state index < -0.39 is 10.0 Å². The van der Waals surface area contributed by atoms with Crippen molar-refractivity contribution in [3.63, 3.8) is 0 Å². The molecule has 5 nitrogen and oxygen atoms in total. The molecule has 1 amide bonds. The summed E-state index contributed by atoms with van der Waals surface area (Å²) in [5.74, 6) is -0.162. The predicted molar refractivity (Wildman–Crippen MR) is 118 cm³/mol. The molecule has 1 fully saturated rings. The molecule has 2 aromatic rings. The Bertz CT molecular complexity index is 1030. The third-order valence-corrected chi connectivity index (χ3v) is 8.42. The summed E-state index contributed by atoms with van der Waals surface area (Å²) in [6, 6.07) is 12.7. The second kappa shape index (κ2) is 8.69. The first-order valence-corrected chi connectivity index (χ1v) is 12.3. The van der Waals surface area contributed by atoms with Gasteiger partial charge in [0.1, 0.15) is 0 Å². The van der Waals surface area contributed by atoms with Crippen LogP contribution in [0, 0.1) is 5.92 Å². The van der Waals surface area contributed by atoms with Gasteiger partial charge in [-0.15, -0.1) is 0 Å². The Kier molecular flexibility index (Phi) is 6.19. The highest BCUT2D eigenvalue weighted by atomic mass is 35.5. The molecule has 1 atom stereocenters. The number of nitrogens with one attached hydrogen (secondary N) is 1. The van der Waals surface area contributed by atoms with E-state index in [1.54, 1.807) is 12.1 Å². The third kappa shape index (κ3) is 4.41. The number of hydrogen-bond acceptors (Lipinski definition) is 3. The highest BCUT2D eigenvalue weighted by molar-refractivity contribution is 7.89. The number of amides is 1. The summed E-state index contributed by atoms with van der Waals surface area (Å²) in [5, 5.41) is 3.63. The lowest BCUT2D eigenvalue weighted by atomic mass is 9.96. The van der Waals surface area contributed by atoms with Crippen LogP contribution in [0.2, 0.25) is 5.02 Å². The Hall–Kier alpha value is -1.89. The molecule has 7 heteroatoms. The highest BCUT2D eigenvalue weighted by Gasteiger charge is 2.32. The van der Waals surface area contributed by atoms with Crippen LogP contribution in [0.4, 0.5) is 0 Å². The van der Waals surface area contributed by atoms with Crippen LogP contribution >= 0.6 is 11.6 Å². The van der Waals surface area contributed by atoms with Crippen molar-refractivity contribution in [2.24, 2.45) is 5.92 Å². The maximum atomic E-state index is 12.8. The molecule has 2 aliphatic rings. The number of hydrogen-bond donors (Lipinski definition) is 1. The van der Waals surface area contributed by atoms with Crippen LogP contribution < -0.4 is 5.32 Å². The molecule has 1 heterocycles. The zero-order valence-corrected chi connectivity index (χ0v) is 18.7. The minimum absolute atomic E-state index is 0.00605. The molecule has 0 saturated carbocycles. The van der Waals surface area contributed by atoms with Gasteiger partial charge in [-0.1, -0.05) is 29.8 Å². The maximum absolute atomic E-state index is 12.8. The maximum Gasteiger partial charge on any atom is 0.243 e. The van der Waals surface area contributed by atoms with Crippen molar-refractivity contribution in [2.45, 2.75) is 50.0 Å². The summed E-state index contributed by atoms with van der Waals surface area (Å²) >= 11 is 5.86. The summed E-state index contributed by atoms with van der Waals surface area (Å²) in [7, 11) is -3.56. The average molecular weight is 447 g/mol. The summed E-state index contributed by atoms with van der Waals surface area (Å²) in [6.07, 6.45) is 4.51. The molecule has 0 radical (unpaired) electrons. The number of halogens is 1. The van der Waals surface area contributed by atoms with E-state index in [0.29, 0.717) is 31.0 Å². The first-order valence-electron chi connectivity index (χ1n) is 10.5. The van der Waals surface area contributed by atoms with Gasteiger partial charge in [-0.3, -0.25) is 4.79 Å². The SMILES string of the molecule is C[C@@H](NC(=O)C1CCN(S(=O)(=O)c2ccc(Cl)cc2)CC1)c1ccc2c(c1)CCC2. The van der Waals surface area contributed by atoms with Gasteiger partial charge in [0.2, 0.25) is 15.9 Å². The number of benzene rings is 2. The molecule has 1 saturated heterocycles. The van der Waals surface area contributed by atoms with E-state index >= 15 is 0 Å². The fourth-order valence-electron chi connectivity index (χ4n) is 4.39. The van der Waals surface area contributed by atoms with Crippen LogP contribution in [0.3, 0.4) is 0 Å². The van der Waals surface area contributed by atoms with E-state index in [-0.39, 0.29) is 22.8 Å². The standard InChI is InChI=1S/C23H27ClN2O3S/c1-16(19-6-5-17-3-2-4-20(17)15-19)25-23(27)18-11-13-26(14-12-18)30(28,29)22-9-7-21(24)8-10-22/h5-10,15-16,18H,2-4,11-14H2,1H3,(H,25,27)/t16-/m1/s1. The van der Waals surface area contributed by atoms with Crippen LogP contribution in [0.1, 0.15) is 48.9 Å². The van der Waals surface area contributed by atoms with Gasteiger partial charge in [0, 0.05) is 24.0 Å². The van der Waals surface area contributed by atoms with E-state index in [2.05, 4.69) is 23.5 Å². The van der Waals surface area contributed by atoms with Crippen molar-refractivity contribution in [1.29, 1.82) is 0 Å². The van der Waals surface area contributed by atoms with Gasteiger partial charge in [0.15, 0.2) is 0 Å². The molecule has 160 valence electrons. The Balaban J connectivity index is 1.34. The van der Waals surface area contributed by atoms with Crippen molar-refractivity contribution >= 4 is 27.5 Å². The van der Waals surface area contributed by atoms with E-state index in [0.717, 1.165) is 18.4 Å². The molecule has 1 aliphatic heterocycles. The van der Waals surface area contributed by atoms with Gasteiger partial charge in [-0.2, -0.15) is 4.31 Å². The van der Waals surface area contributed by atoms with Crippen molar-refractivity contribution in [2.75, 3.05) is 13.1 Å². The van der Waals surface area contributed by atoms with Gasteiger partial charge in [-0.05, 0) is 80.0 Å². The van der Waals surface area contributed by atoms with E-state index in [4.69, 9.17) is 11.6 Å². The number of aryl methyl sites for hydroxylation is 2. The van der Waals surface area contributed by atoms with Crippen molar-refractivity contribution in [3.05, 3.63) is 64.2 Å². The molecule has 1 aliphatic carbocycles. The zero-order valence-electron chi connectivity index (χ0n) is 17.1. The Morgan fingerprint density at radius 3 is 2.43 bits per heavy atom. The molecule has 0 aromatic heterocycles. The monoisotopic (exact) mass is 446 g/mol. The van der Waals surface area contributed by atoms with Crippen LogP contribution in [0.25, 0.3) is 0 Å². The molecule has 30 heavy (non-hydrogen) atoms. The topological polar surface area (TPSA) is 66.5 Å². The number of piperidine rings is 1. The fraction of sp³-hybridized carbons (Fsp3) is 0.435. The van der Waals surface area contributed by atoms with E-state index in [1.165, 1.54) is 34.0 Å². The number of rotatable bonds is 5. The van der Waals surface area contributed by atoms with Crippen molar-refractivity contribution in [3.8, 4) is 0 Å². The number of nitrogens with zero attached hydrogens (tertiary/aromatic N) is 1. The Morgan fingerprint density at radius 2 is 1.73 bits per heavy atom. The Labute approximate surface area is 183 Å². The molecule has 1 N–H and O–H groups in total. The largest absolute Gasteiger partial charge is 0.349 e. The number of sulfonamides is 1. The lowest BCUT2D eigenvalue weighted by Crippen LogP contribution is -2.43. The zero-order chi connectivity index (χ0) is 21.3. The highest BCUT2D eigenvalue weighted by Crippen LogP contribution is 2.27. The quantitative estimate of drug-likeness (QED) is 0.751. The van der Waals surface area contributed by atoms with Crippen LogP contribution in [0.15, 0.2) is 47.4 Å². The second-order valence-electron chi connectivity index (χ2n) is 8.24. The second-order valence-corrected chi connectivity index (χ2v) is 10.6. The van der Waals surface area contributed by atoms with Gasteiger partial charge in [0.05, 0.1) is 10.9 Å². The lowest BCUT2D eigenvalue weighted by Gasteiger charge is -2.31. The Morgan fingerprint density at radius 1 is 1.07 bits per heavy atom. The molecular formula is C23H27ClN2O3S. The van der Waals surface area contributed by atoms with Gasteiger partial charge in [0.25, 0.3) is 0 Å². The van der Waals surface area contributed by atoms with Gasteiger partial charge in [-0.25, -0.2) is 8.42 Å². The van der Waals surface area contributed by atoms with Crippen molar-refractivity contribution < 1.29 is 13.2 Å². The molecule has 0 unspecified atom stereocenters. The average Bonchev–Trinajstić information content (AvgIpc) is 3.22. The summed E-state index contributed by atoms with van der Waals surface area (Å²) in [4.78, 5) is 13.0. The number of carbonyl (C=O) groups excluding carboxylic acids is 1. The minimum Gasteiger partial charge on any atom is -0.349 e. The third-order valence-electron chi connectivity index (χ3n) is 6.26. The normalized spacial score (nSPS) is 18.7. The molecule has 4 rings (SSSR count). The molecule has 0 bridgehead atoms. The molecule has 0 spiro atoms. The van der Waals surface area contributed by atoms with Gasteiger partial charge < -0.3 is 5.32 Å². The molecule has 2 aromatic carbocycles. The smallest absolute Gasteiger partial charge is 0.243 e. The fourth-order valence-corrected chi connectivity index (χ4v) is 5.99. The van der Waals surface area contributed by atoms with Crippen LogP contribution in [-0.2, 0) is 27.7 Å². The first-order chi connectivity index (χ1) is 14.3. The lowest BCUT2D eigenvalue weighted by molar-refractivity contribution is -0.126. The van der Waals surface area contributed by atoms with Crippen LogP contribution in [-0.4, -0.2) is 31.7 Å². The summed E-state index contributed by atoms with van der Waals surface area (Å²) < 4.78 is 27.1. The minimum atomic E-state index is -3.56. The summed E-state index contributed by atoms with van der Waals surface area (Å²) in [5.41, 5.74) is 3.95. The molecular weight excluding hydrogens is 420 g/mol. The van der Waals surface area contributed by atoms with E-state index in [9.17, 15) is 13.2 Å². The van der Waals surface area contributed by atoms with E-state index in [1.807, 2.05) is 6.92 Å². The predicted octanol–water partition coefficient (Wildman–Crippen LogP) is 4.11. The number of carbonyl (C=O) groups is 1. The van der Waals surface area contributed by atoms with Crippen molar-refractivity contribution in [1.82, 2.24) is 9.62 Å².